The molecule has 3 rings (SSSR count). The van der Waals surface area contributed by atoms with Crippen molar-refractivity contribution in [2.75, 3.05) is 6.61 Å². The van der Waals surface area contributed by atoms with Gasteiger partial charge in [-0.1, -0.05) is 91.5 Å². The minimum absolute atomic E-state index is 0.105. The number of ketones is 1. The summed E-state index contributed by atoms with van der Waals surface area (Å²) in [6, 6.07) is 25.5. The molecule has 0 amide bonds. The van der Waals surface area contributed by atoms with Crippen LogP contribution in [0.15, 0.2) is 91.5 Å². The van der Waals surface area contributed by atoms with Crippen molar-refractivity contribution < 1.29 is 9.53 Å². The molecular formula is C25H22O2. The van der Waals surface area contributed by atoms with Crippen LogP contribution in [-0.4, -0.2) is 12.4 Å². The van der Waals surface area contributed by atoms with E-state index >= 15 is 0 Å². The minimum Gasteiger partial charge on any atom is -0.490 e. The van der Waals surface area contributed by atoms with Crippen LogP contribution in [0.1, 0.15) is 27.0 Å². The second-order valence-electron chi connectivity index (χ2n) is 6.21. The maximum absolute atomic E-state index is 12.5. The molecule has 0 unspecified atom stereocenters. The van der Waals surface area contributed by atoms with Gasteiger partial charge in [-0.3, -0.25) is 4.79 Å². The van der Waals surface area contributed by atoms with Crippen LogP contribution in [0.4, 0.5) is 0 Å². The number of hydrogen-bond donors (Lipinski definition) is 0. The van der Waals surface area contributed by atoms with Crippen molar-refractivity contribution in [3.8, 4) is 5.75 Å². The molecule has 0 aromatic heterocycles. The number of ether oxygens (including phenoxy) is 1. The molecule has 3 aromatic rings. The average molecular weight is 354 g/mol. The van der Waals surface area contributed by atoms with Crippen LogP contribution in [0.3, 0.4) is 0 Å². The molecule has 0 saturated carbocycles. The SMILES string of the molecule is C=CCOc1ccc(CC(=O)c2ccc(/C=C/c3ccccc3)cc2)cc1. The van der Waals surface area contributed by atoms with E-state index in [9.17, 15) is 4.79 Å². The van der Waals surface area contributed by atoms with E-state index < -0.39 is 0 Å². The Labute approximate surface area is 160 Å². The molecule has 3 aromatic carbocycles. The largest absolute Gasteiger partial charge is 0.490 e. The number of carbonyl (C=O) groups is 1. The fraction of sp³-hybridized carbons (Fsp3) is 0.0800. The number of carbonyl (C=O) groups excluding carboxylic acids is 1. The fourth-order valence-electron chi connectivity index (χ4n) is 2.68. The fourth-order valence-corrected chi connectivity index (χ4v) is 2.68. The van der Waals surface area contributed by atoms with Gasteiger partial charge in [0.1, 0.15) is 12.4 Å². The highest BCUT2D eigenvalue weighted by molar-refractivity contribution is 5.97. The normalized spacial score (nSPS) is 10.7. The van der Waals surface area contributed by atoms with Crippen molar-refractivity contribution in [1.29, 1.82) is 0 Å². The lowest BCUT2D eigenvalue weighted by atomic mass is 10.0. The lowest BCUT2D eigenvalue weighted by Crippen LogP contribution is -2.03. The summed E-state index contributed by atoms with van der Waals surface area (Å²) in [5, 5.41) is 0. The summed E-state index contributed by atoms with van der Waals surface area (Å²) in [4.78, 5) is 12.5. The van der Waals surface area contributed by atoms with Gasteiger partial charge in [0, 0.05) is 12.0 Å². The maximum Gasteiger partial charge on any atom is 0.167 e. The first-order valence-corrected chi connectivity index (χ1v) is 8.93. The number of hydrogen-bond acceptors (Lipinski definition) is 2. The van der Waals surface area contributed by atoms with Crippen molar-refractivity contribution in [2.45, 2.75) is 6.42 Å². The zero-order valence-corrected chi connectivity index (χ0v) is 15.2. The van der Waals surface area contributed by atoms with Crippen LogP contribution in [0.2, 0.25) is 0 Å². The van der Waals surface area contributed by atoms with Crippen LogP contribution in [0, 0.1) is 0 Å². The highest BCUT2D eigenvalue weighted by Gasteiger charge is 2.07. The van der Waals surface area contributed by atoms with Crippen molar-refractivity contribution in [1.82, 2.24) is 0 Å². The Morgan fingerprint density at radius 2 is 1.44 bits per heavy atom. The van der Waals surface area contributed by atoms with E-state index in [1.807, 2.05) is 72.8 Å². The molecule has 2 nitrogen and oxygen atoms in total. The quantitative estimate of drug-likeness (QED) is 0.288. The molecule has 0 saturated heterocycles. The summed E-state index contributed by atoms with van der Waals surface area (Å²) in [5.41, 5.74) is 3.91. The average Bonchev–Trinajstić information content (AvgIpc) is 2.73. The number of rotatable bonds is 8. The second-order valence-corrected chi connectivity index (χ2v) is 6.21. The second kappa shape index (κ2) is 9.35. The monoisotopic (exact) mass is 354 g/mol. The molecule has 0 heterocycles. The number of Topliss-reactive ketones (excluding diaryl/α,β-unsaturated/α-hetero) is 1. The summed E-state index contributed by atoms with van der Waals surface area (Å²) in [7, 11) is 0. The van der Waals surface area contributed by atoms with Crippen molar-refractivity contribution in [3.63, 3.8) is 0 Å². The minimum atomic E-state index is 0.105. The van der Waals surface area contributed by atoms with E-state index in [4.69, 9.17) is 4.74 Å². The molecular weight excluding hydrogens is 332 g/mol. The Balaban J connectivity index is 1.60. The van der Waals surface area contributed by atoms with E-state index in [0.29, 0.717) is 13.0 Å². The Hall–Kier alpha value is -3.39. The van der Waals surface area contributed by atoms with E-state index in [0.717, 1.165) is 28.0 Å². The molecule has 27 heavy (non-hydrogen) atoms. The van der Waals surface area contributed by atoms with Gasteiger partial charge in [0.05, 0.1) is 0 Å². The molecule has 0 radical (unpaired) electrons. The smallest absolute Gasteiger partial charge is 0.167 e. The van der Waals surface area contributed by atoms with Gasteiger partial charge in [0.15, 0.2) is 5.78 Å². The Morgan fingerprint density at radius 1 is 0.815 bits per heavy atom. The first kappa shape index (κ1) is 18.4. The van der Waals surface area contributed by atoms with Gasteiger partial charge in [-0.15, -0.1) is 0 Å². The maximum atomic E-state index is 12.5. The highest BCUT2D eigenvalue weighted by Crippen LogP contribution is 2.15. The van der Waals surface area contributed by atoms with E-state index in [1.54, 1.807) is 6.08 Å². The van der Waals surface area contributed by atoms with Crippen LogP contribution in [0.25, 0.3) is 12.2 Å². The zero-order chi connectivity index (χ0) is 18.9. The lowest BCUT2D eigenvalue weighted by molar-refractivity contribution is 0.0993. The molecule has 0 spiro atoms. The predicted octanol–water partition coefficient (Wildman–Crippen LogP) is 5.85. The van der Waals surface area contributed by atoms with Crippen LogP contribution in [0.5, 0.6) is 5.75 Å². The Kier molecular flexibility index (Phi) is 6.37. The van der Waals surface area contributed by atoms with Gasteiger partial charge < -0.3 is 4.74 Å². The zero-order valence-electron chi connectivity index (χ0n) is 15.2. The molecule has 2 heteroatoms. The highest BCUT2D eigenvalue weighted by atomic mass is 16.5. The Morgan fingerprint density at radius 3 is 2.07 bits per heavy atom. The third-order valence-corrected chi connectivity index (χ3v) is 4.16. The van der Waals surface area contributed by atoms with Gasteiger partial charge in [0.2, 0.25) is 0 Å². The summed E-state index contributed by atoms with van der Waals surface area (Å²) < 4.78 is 5.46. The molecule has 134 valence electrons. The molecule has 0 atom stereocenters. The standard InChI is InChI=1S/C25H22O2/c1-2-18-27-24-16-12-22(13-17-24)19-25(26)23-14-10-21(11-15-23)9-8-20-6-4-3-5-7-20/h2-17H,1,18-19H2/b9-8+. The molecule has 0 fully saturated rings. The third-order valence-electron chi connectivity index (χ3n) is 4.16. The third kappa shape index (κ3) is 5.55. The van der Waals surface area contributed by atoms with E-state index in [1.165, 1.54) is 0 Å². The molecule has 0 aliphatic heterocycles. The summed E-state index contributed by atoms with van der Waals surface area (Å²) >= 11 is 0. The van der Waals surface area contributed by atoms with Crippen molar-refractivity contribution in [3.05, 3.63) is 114 Å². The van der Waals surface area contributed by atoms with E-state index in [-0.39, 0.29) is 5.78 Å². The lowest BCUT2D eigenvalue weighted by Gasteiger charge is -2.05. The van der Waals surface area contributed by atoms with Gasteiger partial charge in [0.25, 0.3) is 0 Å². The topological polar surface area (TPSA) is 26.3 Å². The van der Waals surface area contributed by atoms with Gasteiger partial charge >= 0.3 is 0 Å². The molecule has 0 aliphatic rings. The predicted molar refractivity (Wildman–Crippen MR) is 112 cm³/mol. The summed E-state index contributed by atoms with van der Waals surface area (Å²) in [5.74, 6) is 0.883. The van der Waals surface area contributed by atoms with Crippen molar-refractivity contribution in [2.24, 2.45) is 0 Å². The van der Waals surface area contributed by atoms with Gasteiger partial charge in [-0.2, -0.15) is 0 Å². The Bertz CT molecular complexity index is 905. The summed E-state index contributed by atoms with van der Waals surface area (Å²) in [6.07, 6.45) is 6.19. The van der Waals surface area contributed by atoms with Crippen LogP contribution in [-0.2, 0) is 6.42 Å². The van der Waals surface area contributed by atoms with E-state index in [2.05, 4.69) is 24.8 Å². The van der Waals surface area contributed by atoms with Gasteiger partial charge in [-0.05, 0) is 28.8 Å². The van der Waals surface area contributed by atoms with Crippen LogP contribution >= 0.6 is 0 Å². The number of benzene rings is 3. The molecule has 0 aliphatic carbocycles. The van der Waals surface area contributed by atoms with Gasteiger partial charge in [-0.25, -0.2) is 0 Å². The molecule has 0 N–H and O–H groups in total. The first-order valence-electron chi connectivity index (χ1n) is 8.93. The first-order chi connectivity index (χ1) is 13.2. The van der Waals surface area contributed by atoms with Crippen molar-refractivity contribution >= 4 is 17.9 Å². The summed E-state index contributed by atoms with van der Waals surface area (Å²) in [6.45, 7) is 4.10. The van der Waals surface area contributed by atoms with Crippen LogP contribution < -0.4 is 4.74 Å². The molecule has 0 bridgehead atoms.